The highest BCUT2D eigenvalue weighted by Gasteiger charge is 2.17. The Morgan fingerprint density at radius 3 is 2.38 bits per heavy atom. The summed E-state index contributed by atoms with van der Waals surface area (Å²) in [5, 5.41) is 0.245. The van der Waals surface area contributed by atoms with Gasteiger partial charge in [-0.05, 0) is 50.0 Å². The van der Waals surface area contributed by atoms with Gasteiger partial charge in [0.2, 0.25) is 0 Å². The number of rotatable bonds is 3. The van der Waals surface area contributed by atoms with Gasteiger partial charge in [0, 0.05) is 18.2 Å². The van der Waals surface area contributed by atoms with Gasteiger partial charge >= 0.3 is 5.69 Å². The maximum absolute atomic E-state index is 13.0. The van der Waals surface area contributed by atoms with Gasteiger partial charge in [0.25, 0.3) is 5.56 Å². The molecular weight excluding hydrogens is 386 g/mol. The van der Waals surface area contributed by atoms with E-state index in [4.69, 9.17) is 11.6 Å². The van der Waals surface area contributed by atoms with E-state index in [2.05, 4.69) is 23.6 Å². The van der Waals surface area contributed by atoms with Crippen LogP contribution >= 0.6 is 11.6 Å². The van der Waals surface area contributed by atoms with E-state index in [1.807, 2.05) is 30.3 Å². The molecule has 0 N–H and O–H groups in total. The van der Waals surface area contributed by atoms with E-state index in [0.717, 1.165) is 10.1 Å². The molecular formula is C23H18ClN3O2. The molecule has 0 aliphatic rings. The number of nitrogens with zero attached hydrogens (tertiary/aromatic N) is 3. The monoisotopic (exact) mass is 403 g/mol. The summed E-state index contributed by atoms with van der Waals surface area (Å²) in [7, 11) is 1.53. The first-order valence-corrected chi connectivity index (χ1v) is 9.18. The summed E-state index contributed by atoms with van der Waals surface area (Å²) < 4.78 is 2.30. The van der Waals surface area contributed by atoms with Crippen LogP contribution in [0, 0.1) is 11.8 Å². The van der Waals surface area contributed by atoms with Crippen LogP contribution in [-0.2, 0) is 7.05 Å². The molecule has 0 saturated carbocycles. The van der Waals surface area contributed by atoms with Crippen LogP contribution in [0.1, 0.15) is 23.6 Å². The Bertz CT molecular complexity index is 1290. The zero-order chi connectivity index (χ0) is 21.0. The van der Waals surface area contributed by atoms with Gasteiger partial charge in [0.15, 0.2) is 0 Å². The molecule has 5 nitrogen and oxygen atoms in total. The largest absolute Gasteiger partial charge is 0.337 e. The minimum absolute atomic E-state index is 0.204. The molecule has 3 aromatic rings. The second-order valence-corrected chi connectivity index (χ2v) is 6.57. The first kappa shape index (κ1) is 20.1. The average Bonchev–Trinajstić information content (AvgIpc) is 2.73. The van der Waals surface area contributed by atoms with Crippen molar-refractivity contribution in [3.05, 3.63) is 97.2 Å². The van der Waals surface area contributed by atoms with Gasteiger partial charge in [0.1, 0.15) is 5.82 Å². The summed E-state index contributed by atoms with van der Waals surface area (Å²) in [6, 6.07) is 14.5. The Balaban J connectivity index is 2.15. The third-order valence-corrected chi connectivity index (χ3v) is 4.57. The van der Waals surface area contributed by atoms with E-state index in [1.54, 1.807) is 37.3 Å². The van der Waals surface area contributed by atoms with Gasteiger partial charge in [-0.2, -0.15) is 0 Å². The molecule has 0 atom stereocenters. The first-order chi connectivity index (χ1) is 14.0. The molecule has 0 radical (unpaired) electrons. The molecule has 1 heterocycles. The number of hydrogen-bond acceptors (Lipinski definition) is 3. The van der Waals surface area contributed by atoms with Crippen LogP contribution in [0.3, 0.4) is 0 Å². The number of allylic oxidation sites excluding steroid dienone is 1. The zero-order valence-electron chi connectivity index (χ0n) is 16.0. The third-order valence-electron chi connectivity index (χ3n) is 4.27. The van der Waals surface area contributed by atoms with Gasteiger partial charge in [-0.15, -0.1) is 0 Å². The van der Waals surface area contributed by atoms with E-state index in [-0.39, 0.29) is 22.1 Å². The van der Waals surface area contributed by atoms with Crippen LogP contribution in [0.25, 0.3) is 11.8 Å². The number of benzene rings is 2. The van der Waals surface area contributed by atoms with Crippen LogP contribution < -0.4 is 11.2 Å². The lowest BCUT2D eigenvalue weighted by Gasteiger charge is -2.13. The van der Waals surface area contributed by atoms with Crippen LogP contribution in [0.4, 0.5) is 5.82 Å². The molecule has 1 aromatic heterocycles. The number of aliphatic imine (C=N–C) groups is 1. The number of halogens is 1. The molecule has 0 bridgehead atoms. The van der Waals surface area contributed by atoms with Crippen LogP contribution in [-0.4, -0.2) is 15.9 Å². The maximum atomic E-state index is 13.0. The maximum Gasteiger partial charge on any atom is 0.337 e. The van der Waals surface area contributed by atoms with E-state index < -0.39 is 11.2 Å². The Morgan fingerprint density at radius 2 is 1.76 bits per heavy atom. The van der Waals surface area contributed by atoms with Gasteiger partial charge in [0.05, 0.1) is 16.3 Å². The summed E-state index contributed by atoms with van der Waals surface area (Å²) in [6.07, 6.45) is 3.29. The summed E-state index contributed by atoms with van der Waals surface area (Å²) in [6.45, 7) is 5.23. The highest BCUT2D eigenvalue weighted by atomic mass is 35.5. The Kier molecular flexibility index (Phi) is 5.96. The second-order valence-electron chi connectivity index (χ2n) is 6.16. The first-order valence-electron chi connectivity index (χ1n) is 8.80. The van der Waals surface area contributed by atoms with Crippen molar-refractivity contribution in [2.24, 2.45) is 12.0 Å². The fraction of sp³-hybridized carbons (Fsp3) is 0.0870. The van der Waals surface area contributed by atoms with E-state index in [9.17, 15) is 9.59 Å². The molecule has 2 aromatic carbocycles. The van der Waals surface area contributed by atoms with Crippen molar-refractivity contribution < 1.29 is 0 Å². The Hall–Kier alpha value is -3.62. The molecule has 0 unspecified atom stereocenters. The van der Waals surface area contributed by atoms with Gasteiger partial charge in [-0.3, -0.25) is 9.36 Å². The van der Waals surface area contributed by atoms with Crippen LogP contribution in [0.5, 0.6) is 0 Å². The summed E-state index contributed by atoms with van der Waals surface area (Å²) in [4.78, 5) is 29.6. The Labute approximate surface area is 173 Å². The fourth-order valence-electron chi connectivity index (χ4n) is 2.87. The lowest BCUT2D eigenvalue weighted by molar-refractivity contribution is 0.739. The van der Waals surface area contributed by atoms with Crippen molar-refractivity contribution in [2.45, 2.75) is 6.92 Å². The van der Waals surface area contributed by atoms with E-state index in [1.165, 1.54) is 11.6 Å². The predicted molar refractivity (Wildman–Crippen MR) is 119 cm³/mol. The van der Waals surface area contributed by atoms with Gasteiger partial charge < -0.3 is 0 Å². The molecule has 0 aliphatic heterocycles. The average molecular weight is 404 g/mol. The molecule has 29 heavy (non-hydrogen) atoms. The molecule has 3 rings (SSSR count). The standard InChI is InChI=1S/C23H18ClN3O2/c1-4-8-18-21(25-2)26(3)23(29)27(22(18)28)20-14-13-17(15-19(20)24)12-11-16-9-6-5-7-10-16/h4-10,13-15H,2H2,1,3H3/b8-4-. The fourth-order valence-corrected chi connectivity index (χ4v) is 3.14. The third kappa shape index (κ3) is 3.98. The number of aromatic nitrogens is 2. The Morgan fingerprint density at radius 1 is 1.07 bits per heavy atom. The van der Waals surface area contributed by atoms with E-state index in [0.29, 0.717) is 5.56 Å². The molecule has 0 aliphatic carbocycles. The minimum atomic E-state index is -0.560. The molecule has 0 fully saturated rings. The lowest BCUT2D eigenvalue weighted by atomic mass is 10.1. The van der Waals surface area contributed by atoms with E-state index >= 15 is 0 Å². The van der Waals surface area contributed by atoms with Crippen molar-refractivity contribution in [2.75, 3.05) is 0 Å². The smallest absolute Gasteiger partial charge is 0.280 e. The van der Waals surface area contributed by atoms with Gasteiger partial charge in [-0.25, -0.2) is 14.4 Å². The molecule has 0 saturated heterocycles. The summed E-state index contributed by atoms with van der Waals surface area (Å²) in [5.74, 6) is 6.28. The molecule has 0 amide bonds. The summed E-state index contributed by atoms with van der Waals surface area (Å²) >= 11 is 6.42. The predicted octanol–water partition coefficient (Wildman–Crippen LogP) is 3.95. The van der Waals surface area contributed by atoms with Crippen molar-refractivity contribution >= 4 is 30.2 Å². The molecule has 0 spiro atoms. The molecule has 144 valence electrons. The summed E-state index contributed by atoms with van der Waals surface area (Å²) in [5.41, 5.74) is 1.01. The topological polar surface area (TPSA) is 56.4 Å². The van der Waals surface area contributed by atoms with Gasteiger partial charge in [-0.1, -0.05) is 47.7 Å². The molecule has 6 heteroatoms. The quantitative estimate of drug-likeness (QED) is 0.491. The highest BCUT2D eigenvalue weighted by molar-refractivity contribution is 6.32. The number of hydrogen-bond donors (Lipinski definition) is 0. The minimum Gasteiger partial charge on any atom is -0.280 e. The van der Waals surface area contributed by atoms with Crippen LogP contribution in [0.15, 0.2) is 69.2 Å². The van der Waals surface area contributed by atoms with Crippen molar-refractivity contribution in [3.8, 4) is 17.5 Å². The normalized spacial score (nSPS) is 10.6. The van der Waals surface area contributed by atoms with Crippen LogP contribution in [0.2, 0.25) is 5.02 Å². The second kappa shape index (κ2) is 8.59. The highest BCUT2D eigenvalue weighted by Crippen LogP contribution is 2.21. The SMILES string of the molecule is C=Nc1c(/C=C\C)c(=O)n(-c2ccc(C#Cc3ccccc3)cc2Cl)c(=O)n1C. The van der Waals surface area contributed by atoms with Crippen molar-refractivity contribution in [1.82, 2.24) is 9.13 Å². The van der Waals surface area contributed by atoms with Crippen molar-refractivity contribution in [1.29, 1.82) is 0 Å². The zero-order valence-corrected chi connectivity index (χ0v) is 16.8. The van der Waals surface area contributed by atoms with Crippen molar-refractivity contribution in [3.63, 3.8) is 0 Å². The lowest BCUT2D eigenvalue weighted by Crippen LogP contribution is -2.39.